The molecule has 0 atom stereocenters. The minimum absolute atomic E-state index is 0.257. The summed E-state index contributed by atoms with van der Waals surface area (Å²) in [5.41, 5.74) is 0.754. The fourth-order valence-electron chi connectivity index (χ4n) is 3.04. The summed E-state index contributed by atoms with van der Waals surface area (Å²) in [6.45, 7) is 1.83. The molecule has 0 aliphatic carbocycles. The molecule has 27 heavy (non-hydrogen) atoms. The molecule has 1 fully saturated rings. The summed E-state index contributed by atoms with van der Waals surface area (Å²) in [7, 11) is -2.00. The van der Waals surface area contributed by atoms with E-state index in [-0.39, 0.29) is 10.7 Å². The second kappa shape index (κ2) is 7.06. The van der Waals surface area contributed by atoms with Gasteiger partial charge in [0.05, 0.1) is 22.2 Å². The molecule has 2 heterocycles. The highest BCUT2D eigenvalue weighted by Crippen LogP contribution is 2.30. The standard InChI is InChI=1S/C18H18FN3O3S2/c1-25-14-3-5-15(6-4-14)27(23,24)22-10-8-21(9-11-22)18-20-16-7-2-13(19)12-17(16)26-18/h2-7,12H,8-11H2,1H3. The summed E-state index contributed by atoms with van der Waals surface area (Å²) in [6.07, 6.45) is 0. The first-order valence-corrected chi connectivity index (χ1v) is 10.7. The summed E-state index contributed by atoms with van der Waals surface area (Å²) in [4.78, 5) is 6.84. The van der Waals surface area contributed by atoms with Crippen LogP contribution in [0.3, 0.4) is 0 Å². The maximum Gasteiger partial charge on any atom is 0.243 e. The molecule has 3 aromatic rings. The van der Waals surface area contributed by atoms with E-state index in [0.717, 1.165) is 15.3 Å². The molecule has 0 unspecified atom stereocenters. The third kappa shape index (κ3) is 3.50. The maximum atomic E-state index is 13.4. The molecule has 0 N–H and O–H groups in total. The molecule has 2 aromatic carbocycles. The van der Waals surface area contributed by atoms with Gasteiger partial charge < -0.3 is 9.64 Å². The molecule has 1 saturated heterocycles. The highest BCUT2D eigenvalue weighted by Gasteiger charge is 2.29. The van der Waals surface area contributed by atoms with Crippen LogP contribution in [0, 0.1) is 5.82 Å². The molecule has 1 aliphatic heterocycles. The lowest BCUT2D eigenvalue weighted by Crippen LogP contribution is -2.48. The summed E-state index contributed by atoms with van der Waals surface area (Å²) in [6, 6.07) is 10.9. The van der Waals surface area contributed by atoms with Crippen molar-refractivity contribution in [2.24, 2.45) is 0 Å². The van der Waals surface area contributed by atoms with E-state index in [1.165, 1.54) is 27.8 Å². The molecular formula is C18H18FN3O3S2. The fourth-order valence-corrected chi connectivity index (χ4v) is 5.50. The molecule has 0 radical (unpaired) electrons. The Labute approximate surface area is 160 Å². The van der Waals surface area contributed by atoms with Gasteiger partial charge in [0.1, 0.15) is 11.6 Å². The van der Waals surface area contributed by atoms with Crippen LogP contribution < -0.4 is 9.64 Å². The van der Waals surface area contributed by atoms with Crippen molar-refractivity contribution >= 4 is 36.7 Å². The minimum atomic E-state index is -3.54. The van der Waals surface area contributed by atoms with Crippen molar-refractivity contribution in [3.63, 3.8) is 0 Å². The molecule has 1 aliphatic rings. The quantitative estimate of drug-likeness (QED) is 0.665. The highest BCUT2D eigenvalue weighted by atomic mass is 32.2. The van der Waals surface area contributed by atoms with Gasteiger partial charge in [-0.15, -0.1) is 0 Å². The van der Waals surface area contributed by atoms with Gasteiger partial charge in [0.2, 0.25) is 10.0 Å². The van der Waals surface area contributed by atoms with Gasteiger partial charge in [0.15, 0.2) is 5.13 Å². The van der Waals surface area contributed by atoms with E-state index in [1.54, 1.807) is 37.4 Å². The molecule has 4 rings (SSSR count). The van der Waals surface area contributed by atoms with Gasteiger partial charge in [-0.25, -0.2) is 17.8 Å². The van der Waals surface area contributed by atoms with Crippen molar-refractivity contribution in [2.75, 3.05) is 38.2 Å². The number of piperazine rings is 1. The second-order valence-electron chi connectivity index (χ2n) is 6.18. The molecule has 0 spiro atoms. The lowest BCUT2D eigenvalue weighted by Gasteiger charge is -2.33. The van der Waals surface area contributed by atoms with Crippen LogP contribution in [-0.4, -0.2) is 51.0 Å². The van der Waals surface area contributed by atoms with E-state index in [9.17, 15) is 12.8 Å². The molecule has 0 amide bonds. The number of nitrogens with zero attached hydrogens (tertiary/aromatic N) is 3. The fraction of sp³-hybridized carbons (Fsp3) is 0.278. The predicted octanol–water partition coefficient (Wildman–Crippen LogP) is 2.95. The highest BCUT2D eigenvalue weighted by molar-refractivity contribution is 7.89. The van der Waals surface area contributed by atoms with Crippen molar-refractivity contribution in [1.29, 1.82) is 0 Å². The number of rotatable bonds is 4. The Hall–Kier alpha value is -2.23. The number of benzene rings is 2. The number of aromatic nitrogens is 1. The number of anilines is 1. The van der Waals surface area contributed by atoms with Gasteiger partial charge in [-0.05, 0) is 42.5 Å². The van der Waals surface area contributed by atoms with Crippen LogP contribution in [0.2, 0.25) is 0 Å². The average molecular weight is 407 g/mol. The molecular weight excluding hydrogens is 389 g/mol. The minimum Gasteiger partial charge on any atom is -0.497 e. The topological polar surface area (TPSA) is 62.7 Å². The van der Waals surface area contributed by atoms with Crippen molar-refractivity contribution in [3.8, 4) is 5.75 Å². The number of thiazole rings is 1. The Bertz CT molecular complexity index is 1060. The van der Waals surface area contributed by atoms with Gasteiger partial charge in [-0.1, -0.05) is 11.3 Å². The van der Waals surface area contributed by atoms with Crippen LogP contribution in [0.25, 0.3) is 10.2 Å². The molecule has 9 heteroatoms. The first-order valence-electron chi connectivity index (χ1n) is 8.42. The Morgan fingerprint density at radius 1 is 1.07 bits per heavy atom. The van der Waals surface area contributed by atoms with E-state index in [1.807, 2.05) is 4.90 Å². The zero-order valence-electron chi connectivity index (χ0n) is 14.6. The average Bonchev–Trinajstić information content (AvgIpc) is 3.11. The summed E-state index contributed by atoms with van der Waals surface area (Å²) >= 11 is 1.42. The molecule has 142 valence electrons. The van der Waals surface area contributed by atoms with Gasteiger partial charge in [-0.2, -0.15) is 4.31 Å². The predicted molar refractivity (Wildman–Crippen MR) is 104 cm³/mol. The van der Waals surface area contributed by atoms with Crippen LogP contribution in [0.5, 0.6) is 5.75 Å². The molecule has 1 aromatic heterocycles. The Morgan fingerprint density at radius 2 is 1.78 bits per heavy atom. The van der Waals surface area contributed by atoms with E-state index in [4.69, 9.17) is 4.74 Å². The van der Waals surface area contributed by atoms with E-state index >= 15 is 0 Å². The third-order valence-electron chi connectivity index (χ3n) is 4.55. The SMILES string of the molecule is COc1ccc(S(=O)(=O)N2CCN(c3nc4ccc(F)cc4s3)CC2)cc1. The molecule has 6 nitrogen and oxygen atoms in total. The largest absolute Gasteiger partial charge is 0.497 e. The van der Waals surface area contributed by atoms with Crippen molar-refractivity contribution < 1.29 is 17.5 Å². The smallest absolute Gasteiger partial charge is 0.243 e. The molecule has 0 saturated carbocycles. The Morgan fingerprint density at radius 3 is 2.44 bits per heavy atom. The number of methoxy groups -OCH3 is 1. The zero-order valence-corrected chi connectivity index (χ0v) is 16.3. The number of halogens is 1. The number of hydrogen-bond acceptors (Lipinski definition) is 6. The number of hydrogen-bond donors (Lipinski definition) is 0. The van der Waals surface area contributed by atoms with Gasteiger partial charge in [0, 0.05) is 26.2 Å². The maximum absolute atomic E-state index is 13.4. The summed E-state index contributed by atoms with van der Waals surface area (Å²) < 4.78 is 46.4. The molecule has 0 bridgehead atoms. The van der Waals surface area contributed by atoms with Gasteiger partial charge in [0.25, 0.3) is 0 Å². The van der Waals surface area contributed by atoms with Crippen LogP contribution in [0.4, 0.5) is 9.52 Å². The Kier molecular flexibility index (Phi) is 4.75. The van der Waals surface area contributed by atoms with Crippen LogP contribution in [0.1, 0.15) is 0 Å². The number of fused-ring (bicyclic) bond motifs is 1. The monoisotopic (exact) mass is 407 g/mol. The first kappa shape index (κ1) is 18.1. The summed E-state index contributed by atoms with van der Waals surface area (Å²) in [5, 5.41) is 0.789. The van der Waals surface area contributed by atoms with E-state index in [0.29, 0.717) is 31.9 Å². The van der Waals surface area contributed by atoms with Gasteiger partial charge in [-0.3, -0.25) is 0 Å². The zero-order chi connectivity index (χ0) is 19.0. The number of ether oxygens (including phenoxy) is 1. The van der Waals surface area contributed by atoms with Crippen molar-refractivity contribution in [3.05, 3.63) is 48.3 Å². The van der Waals surface area contributed by atoms with Crippen molar-refractivity contribution in [1.82, 2.24) is 9.29 Å². The van der Waals surface area contributed by atoms with Crippen LogP contribution in [0.15, 0.2) is 47.4 Å². The van der Waals surface area contributed by atoms with E-state index < -0.39 is 10.0 Å². The van der Waals surface area contributed by atoms with Crippen molar-refractivity contribution in [2.45, 2.75) is 4.90 Å². The Balaban J connectivity index is 1.48. The number of sulfonamides is 1. The lowest BCUT2D eigenvalue weighted by molar-refractivity contribution is 0.384. The van der Waals surface area contributed by atoms with Crippen LogP contribution >= 0.6 is 11.3 Å². The lowest BCUT2D eigenvalue weighted by atomic mass is 10.3. The first-order chi connectivity index (χ1) is 13.0. The van der Waals surface area contributed by atoms with Gasteiger partial charge >= 0.3 is 0 Å². The van der Waals surface area contributed by atoms with E-state index in [2.05, 4.69) is 4.98 Å². The second-order valence-corrected chi connectivity index (χ2v) is 9.12. The third-order valence-corrected chi connectivity index (χ3v) is 7.54. The normalized spacial score (nSPS) is 16.0. The van der Waals surface area contributed by atoms with Crippen LogP contribution in [-0.2, 0) is 10.0 Å². The summed E-state index contributed by atoms with van der Waals surface area (Å²) in [5.74, 6) is 0.333.